The van der Waals surface area contributed by atoms with Crippen molar-refractivity contribution in [1.29, 1.82) is 0 Å². The van der Waals surface area contributed by atoms with E-state index in [4.69, 9.17) is 18.9 Å². The number of benzene rings is 2. The van der Waals surface area contributed by atoms with Crippen molar-refractivity contribution in [2.24, 2.45) is 0 Å². The minimum absolute atomic E-state index is 0.0362. The van der Waals surface area contributed by atoms with Gasteiger partial charge in [0.25, 0.3) is 0 Å². The van der Waals surface area contributed by atoms with Crippen molar-refractivity contribution in [3.63, 3.8) is 0 Å². The molecule has 2 aromatic rings. The molecule has 0 radical (unpaired) electrons. The molecule has 138 valence electrons. The van der Waals surface area contributed by atoms with E-state index >= 15 is 0 Å². The first kappa shape index (κ1) is 17.0. The Kier molecular flexibility index (Phi) is 4.64. The van der Waals surface area contributed by atoms with Crippen molar-refractivity contribution in [1.82, 2.24) is 4.90 Å². The van der Waals surface area contributed by atoms with E-state index in [0.29, 0.717) is 12.6 Å². The number of hydrogen-bond donors (Lipinski definition) is 0. The number of nitrogens with zero attached hydrogens (tertiary/aromatic N) is 1. The fourth-order valence-corrected chi connectivity index (χ4v) is 3.86. The minimum atomic E-state index is 0.0362. The highest BCUT2D eigenvalue weighted by molar-refractivity contribution is 5.49. The number of para-hydroxylation sites is 2. The Balaban J connectivity index is 1.50. The third-order valence-electron chi connectivity index (χ3n) is 5.32. The zero-order chi connectivity index (χ0) is 18.1. The van der Waals surface area contributed by atoms with Crippen molar-refractivity contribution in [3.05, 3.63) is 47.5 Å². The molecule has 0 spiro atoms. The maximum Gasteiger partial charge on any atom is 0.161 e. The molecule has 0 aliphatic carbocycles. The molecule has 2 aliphatic heterocycles. The number of ether oxygens (including phenoxy) is 4. The van der Waals surface area contributed by atoms with Gasteiger partial charge in [-0.15, -0.1) is 0 Å². The standard InChI is InChI=1S/C21H25NO4/c1-14-17-11-21(24-3)20(23-2)10-15(17)8-9-22(14)12-16-13-25-18-6-4-5-7-19(18)26-16/h4-7,10-11,14,16H,8-9,12-13H2,1-3H3/t14-,16-/m0/s1. The number of hydrogen-bond acceptors (Lipinski definition) is 5. The molecule has 5 nitrogen and oxygen atoms in total. The van der Waals surface area contributed by atoms with E-state index in [0.717, 1.165) is 42.5 Å². The molecule has 0 unspecified atom stereocenters. The van der Waals surface area contributed by atoms with Gasteiger partial charge in [0.2, 0.25) is 0 Å². The molecule has 0 N–H and O–H groups in total. The summed E-state index contributed by atoms with van der Waals surface area (Å²) >= 11 is 0. The monoisotopic (exact) mass is 355 g/mol. The summed E-state index contributed by atoms with van der Waals surface area (Å²) in [5.41, 5.74) is 2.63. The van der Waals surface area contributed by atoms with Crippen LogP contribution in [0.15, 0.2) is 36.4 Å². The highest BCUT2D eigenvalue weighted by Crippen LogP contribution is 2.38. The predicted octanol–water partition coefficient (Wildman–Crippen LogP) is 3.46. The smallest absolute Gasteiger partial charge is 0.161 e. The predicted molar refractivity (Wildman–Crippen MR) is 99.6 cm³/mol. The molecule has 0 saturated heterocycles. The maximum absolute atomic E-state index is 6.14. The van der Waals surface area contributed by atoms with Gasteiger partial charge < -0.3 is 18.9 Å². The van der Waals surface area contributed by atoms with Gasteiger partial charge in [-0.1, -0.05) is 12.1 Å². The molecule has 2 aromatic carbocycles. The van der Waals surface area contributed by atoms with Gasteiger partial charge in [0.1, 0.15) is 12.7 Å². The Bertz CT molecular complexity index is 792. The van der Waals surface area contributed by atoms with Crippen LogP contribution in [-0.4, -0.2) is 44.9 Å². The van der Waals surface area contributed by atoms with E-state index < -0.39 is 0 Å². The summed E-state index contributed by atoms with van der Waals surface area (Å²) in [6.07, 6.45) is 1.03. The summed E-state index contributed by atoms with van der Waals surface area (Å²) in [5, 5.41) is 0. The van der Waals surface area contributed by atoms with Crippen molar-refractivity contribution in [3.8, 4) is 23.0 Å². The quantitative estimate of drug-likeness (QED) is 0.840. The summed E-state index contributed by atoms with van der Waals surface area (Å²) in [6, 6.07) is 12.4. The van der Waals surface area contributed by atoms with Crippen molar-refractivity contribution in [2.45, 2.75) is 25.5 Å². The molecule has 4 rings (SSSR count). The van der Waals surface area contributed by atoms with E-state index in [1.54, 1.807) is 14.2 Å². The summed E-state index contributed by atoms with van der Waals surface area (Å²) in [6.45, 7) is 4.65. The summed E-state index contributed by atoms with van der Waals surface area (Å²) in [7, 11) is 3.36. The Hall–Kier alpha value is -2.40. The molecular weight excluding hydrogens is 330 g/mol. The zero-order valence-electron chi connectivity index (χ0n) is 15.5. The van der Waals surface area contributed by atoms with Crippen LogP contribution >= 0.6 is 0 Å². The molecule has 0 saturated carbocycles. The molecule has 5 heteroatoms. The van der Waals surface area contributed by atoms with E-state index in [2.05, 4.69) is 24.0 Å². The van der Waals surface area contributed by atoms with Gasteiger partial charge in [-0.2, -0.15) is 0 Å². The highest BCUT2D eigenvalue weighted by Gasteiger charge is 2.30. The van der Waals surface area contributed by atoms with Gasteiger partial charge >= 0.3 is 0 Å². The topological polar surface area (TPSA) is 40.2 Å². The molecule has 2 atom stereocenters. The first-order chi connectivity index (χ1) is 12.7. The van der Waals surface area contributed by atoms with Crippen LogP contribution in [0.3, 0.4) is 0 Å². The van der Waals surface area contributed by atoms with Crippen LogP contribution in [-0.2, 0) is 6.42 Å². The van der Waals surface area contributed by atoms with Crippen molar-refractivity contribution >= 4 is 0 Å². The Morgan fingerprint density at radius 2 is 1.81 bits per heavy atom. The van der Waals surface area contributed by atoms with Crippen LogP contribution in [0.2, 0.25) is 0 Å². The lowest BCUT2D eigenvalue weighted by Gasteiger charge is -2.38. The molecule has 2 aliphatic rings. The van der Waals surface area contributed by atoms with Crippen LogP contribution in [0, 0.1) is 0 Å². The third-order valence-corrected chi connectivity index (χ3v) is 5.32. The van der Waals surface area contributed by atoms with Crippen molar-refractivity contribution < 1.29 is 18.9 Å². The van der Waals surface area contributed by atoms with E-state index in [-0.39, 0.29) is 6.10 Å². The van der Waals surface area contributed by atoms with Crippen molar-refractivity contribution in [2.75, 3.05) is 33.9 Å². The lowest BCUT2D eigenvalue weighted by atomic mass is 9.92. The lowest BCUT2D eigenvalue weighted by molar-refractivity contribution is 0.0447. The molecule has 0 aromatic heterocycles. The van der Waals surface area contributed by atoms with Crippen LogP contribution in [0.1, 0.15) is 24.1 Å². The van der Waals surface area contributed by atoms with Gasteiger partial charge in [0.15, 0.2) is 23.0 Å². The summed E-state index contributed by atoms with van der Waals surface area (Å²) < 4.78 is 22.9. The highest BCUT2D eigenvalue weighted by atomic mass is 16.6. The van der Waals surface area contributed by atoms with Gasteiger partial charge in [0.05, 0.1) is 14.2 Å². The van der Waals surface area contributed by atoms with Gasteiger partial charge in [-0.25, -0.2) is 0 Å². The summed E-state index contributed by atoms with van der Waals surface area (Å²) in [4.78, 5) is 2.45. The minimum Gasteiger partial charge on any atom is -0.493 e. The molecule has 0 fully saturated rings. The van der Waals surface area contributed by atoms with Gasteiger partial charge in [0, 0.05) is 19.1 Å². The molecule has 0 bridgehead atoms. The largest absolute Gasteiger partial charge is 0.493 e. The maximum atomic E-state index is 6.14. The van der Waals surface area contributed by atoms with E-state index in [1.807, 2.05) is 24.3 Å². The fraction of sp³-hybridized carbons (Fsp3) is 0.429. The molecule has 26 heavy (non-hydrogen) atoms. The Morgan fingerprint density at radius 3 is 2.58 bits per heavy atom. The number of methoxy groups -OCH3 is 2. The second-order valence-corrected chi connectivity index (χ2v) is 6.82. The van der Waals surface area contributed by atoms with E-state index in [9.17, 15) is 0 Å². The number of rotatable bonds is 4. The second-order valence-electron chi connectivity index (χ2n) is 6.82. The Morgan fingerprint density at radius 1 is 1.08 bits per heavy atom. The Labute approximate surface area is 154 Å². The van der Waals surface area contributed by atoms with Gasteiger partial charge in [-0.3, -0.25) is 4.90 Å². The first-order valence-electron chi connectivity index (χ1n) is 9.07. The SMILES string of the molecule is COc1cc2c(cc1OC)[C@H](C)N(C[C@H]1COc3ccccc3O1)CC2. The second kappa shape index (κ2) is 7.08. The van der Waals surface area contributed by atoms with Crippen LogP contribution in [0.5, 0.6) is 23.0 Å². The van der Waals surface area contributed by atoms with E-state index in [1.165, 1.54) is 11.1 Å². The lowest BCUT2D eigenvalue weighted by Crippen LogP contribution is -2.44. The van der Waals surface area contributed by atoms with Crippen LogP contribution < -0.4 is 18.9 Å². The van der Waals surface area contributed by atoms with Crippen LogP contribution in [0.4, 0.5) is 0 Å². The molecule has 0 amide bonds. The third kappa shape index (κ3) is 3.07. The van der Waals surface area contributed by atoms with Gasteiger partial charge in [-0.05, 0) is 48.7 Å². The fourth-order valence-electron chi connectivity index (χ4n) is 3.86. The molecular formula is C21H25NO4. The van der Waals surface area contributed by atoms with Crippen LogP contribution in [0.25, 0.3) is 0 Å². The average Bonchev–Trinajstić information content (AvgIpc) is 2.69. The summed E-state index contributed by atoms with van der Waals surface area (Å²) in [5.74, 6) is 3.25. The normalized spacial score (nSPS) is 21.8. The average molecular weight is 355 g/mol. The number of fused-ring (bicyclic) bond motifs is 2. The first-order valence-corrected chi connectivity index (χ1v) is 9.07. The zero-order valence-corrected chi connectivity index (χ0v) is 15.5. The molecule has 2 heterocycles.